The molecule has 1 unspecified atom stereocenters. The zero-order chi connectivity index (χ0) is 18.0. The molecule has 136 valence electrons. The molecule has 0 spiro atoms. The van der Waals surface area contributed by atoms with Crippen molar-refractivity contribution < 1.29 is 9.59 Å². The van der Waals surface area contributed by atoms with Gasteiger partial charge < -0.3 is 15.5 Å². The Hall–Kier alpha value is -2.08. The van der Waals surface area contributed by atoms with Crippen LogP contribution in [-0.2, 0) is 4.79 Å². The van der Waals surface area contributed by atoms with Crippen LogP contribution >= 0.6 is 0 Å². The Morgan fingerprint density at radius 3 is 2.28 bits per heavy atom. The van der Waals surface area contributed by atoms with Crippen LogP contribution in [0.2, 0.25) is 0 Å². The van der Waals surface area contributed by atoms with Gasteiger partial charge in [0.25, 0.3) is 5.91 Å². The molecule has 6 heteroatoms. The third-order valence-corrected chi connectivity index (χ3v) is 5.42. The van der Waals surface area contributed by atoms with Crippen molar-refractivity contribution in [2.75, 3.05) is 45.0 Å². The fraction of sp³-hybridized carbons (Fsp3) is 0.579. The van der Waals surface area contributed by atoms with Gasteiger partial charge in [0.05, 0.1) is 6.04 Å². The highest BCUT2D eigenvalue weighted by atomic mass is 16.2. The molecule has 0 bridgehead atoms. The molecular formula is C19H28N4O2. The molecule has 1 aromatic rings. The molecule has 1 aromatic carbocycles. The lowest BCUT2D eigenvalue weighted by Crippen LogP contribution is -2.55. The summed E-state index contributed by atoms with van der Waals surface area (Å²) in [4.78, 5) is 31.4. The van der Waals surface area contributed by atoms with E-state index in [0.29, 0.717) is 24.3 Å². The second-order valence-electron chi connectivity index (χ2n) is 7.11. The Bertz CT molecular complexity index is 647. The fourth-order valence-electron chi connectivity index (χ4n) is 3.71. The van der Waals surface area contributed by atoms with E-state index in [4.69, 9.17) is 5.73 Å². The van der Waals surface area contributed by atoms with Gasteiger partial charge in [-0.05, 0) is 44.4 Å². The van der Waals surface area contributed by atoms with Crippen LogP contribution in [0, 0.1) is 6.92 Å². The maximum Gasteiger partial charge on any atom is 0.254 e. The van der Waals surface area contributed by atoms with E-state index in [1.165, 1.54) is 0 Å². The highest BCUT2D eigenvalue weighted by molar-refractivity contribution is 5.96. The summed E-state index contributed by atoms with van der Waals surface area (Å²) in [5, 5.41) is 0. The number of hydrogen-bond acceptors (Lipinski definition) is 4. The van der Waals surface area contributed by atoms with Crippen molar-refractivity contribution in [3.8, 4) is 0 Å². The fourth-order valence-corrected chi connectivity index (χ4v) is 3.71. The van der Waals surface area contributed by atoms with Crippen LogP contribution in [0.25, 0.3) is 0 Å². The molecule has 2 N–H and O–H groups in total. The molecular weight excluding hydrogens is 316 g/mol. The smallest absolute Gasteiger partial charge is 0.254 e. The highest BCUT2D eigenvalue weighted by Crippen LogP contribution is 2.18. The second-order valence-corrected chi connectivity index (χ2v) is 7.11. The third kappa shape index (κ3) is 3.79. The molecule has 2 amide bonds. The predicted molar refractivity (Wildman–Crippen MR) is 98.3 cm³/mol. The standard InChI is InChI=1S/C19H28N4O2/c1-14-5-6-16(20)13-17(14)19(25)23-11-9-21(10-12-23)15(2)18(24)22-7-3-4-8-22/h5-6,13,15H,3-4,7-12,20H2,1-2H3. The summed E-state index contributed by atoms with van der Waals surface area (Å²) < 4.78 is 0. The van der Waals surface area contributed by atoms with E-state index in [2.05, 4.69) is 4.90 Å². The number of likely N-dealkylation sites (tertiary alicyclic amines) is 1. The van der Waals surface area contributed by atoms with Gasteiger partial charge in [0, 0.05) is 50.5 Å². The second kappa shape index (κ2) is 7.44. The zero-order valence-electron chi connectivity index (χ0n) is 15.2. The van der Waals surface area contributed by atoms with E-state index in [1.54, 1.807) is 6.07 Å². The third-order valence-electron chi connectivity index (χ3n) is 5.42. The number of nitrogens with two attached hydrogens (primary N) is 1. The molecule has 0 saturated carbocycles. The number of piperazine rings is 1. The first-order chi connectivity index (χ1) is 12.0. The van der Waals surface area contributed by atoms with Crippen molar-refractivity contribution in [1.82, 2.24) is 14.7 Å². The molecule has 25 heavy (non-hydrogen) atoms. The first kappa shape index (κ1) is 17.7. The number of aryl methyl sites for hydroxylation is 1. The minimum absolute atomic E-state index is 0.0305. The van der Waals surface area contributed by atoms with Gasteiger partial charge in [0.2, 0.25) is 5.91 Å². The normalized spacial score (nSPS) is 19.9. The lowest BCUT2D eigenvalue weighted by molar-refractivity contribution is -0.135. The number of hydrogen-bond donors (Lipinski definition) is 1. The lowest BCUT2D eigenvalue weighted by Gasteiger charge is -2.38. The van der Waals surface area contributed by atoms with Crippen molar-refractivity contribution in [1.29, 1.82) is 0 Å². The molecule has 2 saturated heterocycles. The minimum atomic E-state index is -0.107. The van der Waals surface area contributed by atoms with Crippen LogP contribution < -0.4 is 5.73 Å². The van der Waals surface area contributed by atoms with Crippen molar-refractivity contribution in [2.45, 2.75) is 32.7 Å². The summed E-state index contributed by atoms with van der Waals surface area (Å²) in [6.45, 7) is 8.43. The Morgan fingerprint density at radius 1 is 1.00 bits per heavy atom. The Kier molecular flexibility index (Phi) is 5.27. The summed E-state index contributed by atoms with van der Waals surface area (Å²) >= 11 is 0. The maximum atomic E-state index is 12.8. The highest BCUT2D eigenvalue weighted by Gasteiger charge is 2.31. The number of benzene rings is 1. The lowest BCUT2D eigenvalue weighted by atomic mass is 10.1. The molecule has 0 radical (unpaired) electrons. The molecule has 2 fully saturated rings. The van der Waals surface area contributed by atoms with E-state index in [1.807, 2.05) is 35.8 Å². The molecule has 2 heterocycles. The van der Waals surface area contributed by atoms with Crippen LogP contribution in [0.4, 0.5) is 5.69 Å². The summed E-state index contributed by atoms with van der Waals surface area (Å²) in [5.74, 6) is 0.256. The van der Waals surface area contributed by atoms with E-state index in [9.17, 15) is 9.59 Å². The average Bonchev–Trinajstić information content (AvgIpc) is 3.16. The van der Waals surface area contributed by atoms with Gasteiger partial charge in [0.15, 0.2) is 0 Å². The first-order valence-corrected chi connectivity index (χ1v) is 9.15. The number of nitrogen functional groups attached to an aromatic ring is 1. The first-order valence-electron chi connectivity index (χ1n) is 9.15. The molecule has 2 aliphatic rings. The van der Waals surface area contributed by atoms with Crippen LogP contribution in [0.3, 0.4) is 0 Å². The predicted octanol–water partition coefficient (Wildman–Crippen LogP) is 1.35. The van der Waals surface area contributed by atoms with Gasteiger partial charge in [0.1, 0.15) is 0 Å². The Balaban J connectivity index is 1.58. The van der Waals surface area contributed by atoms with E-state index in [0.717, 1.165) is 44.6 Å². The van der Waals surface area contributed by atoms with Crippen molar-refractivity contribution in [3.05, 3.63) is 29.3 Å². The van der Waals surface area contributed by atoms with Crippen LogP contribution in [0.1, 0.15) is 35.7 Å². The average molecular weight is 344 g/mol. The minimum Gasteiger partial charge on any atom is -0.399 e. The van der Waals surface area contributed by atoms with Gasteiger partial charge in [-0.3, -0.25) is 14.5 Å². The van der Waals surface area contributed by atoms with E-state index >= 15 is 0 Å². The molecule has 6 nitrogen and oxygen atoms in total. The van der Waals surface area contributed by atoms with Gasteiger partial charge in [-0.1, -0.05) is 6.07 Å². The maximum absolute atomic E-state index is 12.8. The molecule has 0 aliphatic carbocycles. The van der Waals surface area contributed by atoms with Gasteiger partial charge in [-0.2, -0.15) is 0 Å². The van der Waals surface area contributed by atoms with Crippen LogP contribution in [-0.4, -0.2) is 71.8 Å². The van der Waals surface area contributed by atoms with E-state index in [-0.39, 0.29) is 17.9 Å². The monoisotopic (exact) mass is 344 g/mol. The van der Waals surface area contributed by atoms with Crippen LogP contribution in [0.15, 0.2) is 18.2 Å². The van der Waals surface area contributed by atoms with Gasteiger partial charge >= 0.3 is 0 Å². The molecule has 1 atom stereocenters. The SMILES string of the molecule is Cc1ccc(N)cc1C(=O)N1CCN(C(C)C(=O)N2CCCC2)CC1. The topological polar surface area (TPSA) is 69.9 Å². The van der Waals surface area contributed by atoms with E-state index < -0.39 is 0 Å². The number of carbonyl (C=O) groups is 2. The summed E-state index contributed by atoms with van der Waals surface area (Å²) in [6, 6.07) is 5.35. The summed E-state index contributed by atoms with van der Waals surface area (Å²) in [7, 11) is 0. The van der Waals surface area contributed by atoms with Crippen molar-refractivity contribution in [2.24, 2.45) is 0 Å². The quantitative estimate of drug-likeness (QED) is 0.840. The summed E-state index contributed by atoms with van der Waals surface area (Å²) in [5.41, 5.74) is 8.06. The molecule has 2 aliphatic heterocycles. The molecule has 0 aromatic heterocycles. The number of carbonyl (C=O) groups excluding carboxylic acids is 2. The number of nitrogens with zero attached hydrogens (tertiary/aromatic N) is 3. The van der Waals surface area contributed by atoms with Crippen LogP contribution in [0.5, 0.6) is 0 Å². The van der Waals surface area contributed by atoms with Gasteiger partial charge in [-0.25, -0.2) is 0 Å². The number of anilines is 1. The Labute approximate surface area is 149 Å². The van der Waals surface area contributed by atoms with Crippen molar-refractivity contribution in [3.63, 3.8) is 0 Å². The summed E-state index contributed by atoms with van der Waals surface area (Å²) in [6.07, 6.45) is 2.22. The zero-order valence-corrected chi connectivity index (χ0v) is 15.2. The largest absolute Gasteiger partial charge is 0.399 e. The number of rotatable bonds is 3. The van der Waals surface area contributed by atoms with Crippen molar-refractivity contribution >= 4 is 17.5 Å². The Morgan fingerprint density at radius 2 is 1.64 bits per heavy atom. The molecule has 3 rings (SSSR count). The van der Waals surface area contributed by atoms with Gasteiger partial charge in [-0.15, -0.1) is 0 Å². The number of amides is 2.